The monoisotopic (exact) mass is 584 g/mol. The number of hydrogen-bond acceptors (Lipinski definition) is 8. The topological polar surface area (TPSA) is 139 Å². The Kier molecular flexibility index (Phi) is 10.7. The number of ether oxygens (including phenoxy) is 3. The summed E-state index contributed by atoms with van der Waals surface area (Å²) >= 11 is 0. The molecule has 1 aliphatic carbocycles. The number of Topliss-reactive ketones (excluding diaryl/α,β-unsaturated/α-hetero) is 1. The third-order valence-corrected chi connectivity index (χ3v) is 8.29. The van der Waals surface area contributed by atoms with Crippen LogP contribution in [0, 0.1) is 0 Å². The number of allylic oxidation sites excluding steroid dienone is 1. The largest absolute Gasteiger partial charge is 0.497 e. The second-order valence-electron chi connectivity index (χ2n) is 11.7. The summed E-state index contributed by atoms with van der Waals surface area (Å²) in [5.41, 5.74) is 2.34. The van der Waals surface area contributed by atoms with Crippen molar-refractivity contribution in [3.63, 3.8) is 0 Å². The first-order chi connectivity index (χ1) is 20.1. The van der Waals surface area contributed by atoms with Crippen molar-refractivity contribution in [2.24, 2.45) is 0 Å². The van der Waals surface area contributed by atoms with Gasteiger partial charge in [0.25, 0.3) is 0 Å². The van der Waals surface area contributed by atoms with E-state index in [1.165, 1.54) is 11.1 Å². The van der Waals surface area contributed by atoms with E-state index in [0.717, 1.165) is 24.8 Å². The van der Waals surface area contributed by atoms with E-state index in [4.69, 9.17) is 14.2 Å². The Balaban J connectivity index is 1.46. The third kappa shape index (κ3) is 8.62. The van der Waals surface area contributed by atoms with Gasteiger partial charge in [0.05, 0.1) is 39.5 Å². The molecule has 0 aromatic heterocycles. The van der Waals surface area contributed by atoms with E-state index >= 15 is 0 Å². The molecule has 42 heavy (non-hydrogen) atoms. The number of nitrogens with zero attached hydrogens (tertiary/aromatic N) is 1. The molecule has 11 nitrogen and oxygen atoms in total. The van der Waals surface area contributed by atoms with Crippen LogP contribution in [-0.4, -0.2) is 98.7 Å². The maximum atomic E-state index is 13.8. The van der Waals surface area contributed by atoms with Crippen LogP contribution in [0.3, 0.4) is 0 Å². The number of hydrogen-bond donors (Lipinski definition) is 3. The van der Waals surface area contributed by atoms with Gasteiger partial charge in [0.15, 0.2) is 5.78 Å². The zero-order valence-electron chi connectivity index (χ0n) is 25.1. The first-order valence-corrected chi connectivity index (χ1v) is 14.8. The SMILES string of the molecule is COc1ccc(C[C@H](NC(=O)[C@H](C)NC(=O)CN2CCOCC2)C(=O)N[C@@H](CC2=C(C)CCC2)C(=O)[C@@]2(C)CO2)cc1. The lowest BCUT2D eigenvalue weighted by Crippen LogP contribution is -2.57. The summed E-state index contributed by atoms with van der Waals surface area (Å²) in [6.45, 7) is 8.32. The Bertz CT molecular complexity index is 1170. The molecule has 3 amide bonds. The molecule has 0 saturated carbocycles. The standard InChI is InChI=1S/C31H44N4O7/c1-20-6-5-7-23(20)17-25(28(37)31(3)19-42-31)33-30(39)26(16-22-8-10-24(40-4)11-9-22)34-29(38)21(2)32-27(36)18-35-12-14-41-15-13-35/h8-11,21,25-26H,5-7,12-19H2,1-4H3,(H,32,36)(H,33,39)(H,34,38)/t21-,25-,26-,31+/m0/s1. The maximum Gasteiger partial charge on any atom is 0.243 e. The zero-order valence-corrected chi connectivity index (χ0v) is 25.1. The molecule has 3 N–H and O–H groups in total. The van der Waals surface area contributed by atoms with Gasteiger partial charge < -0.3 is 30.2 Å². The predicted octanol–water partition coefficient (Wildman–Crippen LogP) is 1.29. The van der Waals surface area contributed by atoms with E-state index in [-0.39, 0.29) is 24.7 Å². The van der Waals surface area contributed by atoms with Gasteiger partial charge in [0.1, 0.15) is 23.4 Å². The van der Waals surface area contributed by atoms with Crippen LogP contribution >= 0.6 is 0 Å². The molecule has 2 fully saturated rings. The summed E-state index contributed by atoms with van der Waals surface area (Å²) in [7, 11) is 1.57. The van der Waals surface area contributed by atoms with Crippen LogP contribution in [0.25, 0.3) is 0 Å². The van der Waals surface area contributed by atoms with Crippen molar-refractivity contribution in [3.8, 4) is 5.75 Å². The molecule has 0 bridgehead atoms. The molecule has 2 saturated heterocycles. The van der Waals surface area contributed by atoms with Gasteiger partial charge in [-0.2, -0.15) is 0 Å². The van der Waals surface area contributed by atoms with E-state index in [0.29, 0.717) is 45.1 Å². The normalized spacial score (nSPS) is 22.6. The first-order valence-electron chi connectivity index (χ1n) is 14.8. The second kappa shape index (κ2) is 14.3. The van der Waals surface area contributed by atoms with Gasteiger partial charge in [-0.05, 0) is 64.2 Å². The molecular formula is C31H44N4O7. The first kappa shape index (κ1) is 31.7. The summed E-state index contributed by atoms with van der Waals surface area (Å²) in [4.78, 5) is 55.0. The van der Waals surface area contributed by atoms with E-state index in [9.17, 15) is 19.2 Å². The number of benzene rings is 1. The van der Waals surface area contributed by atoms with Gasteiger partial charge in [0.2, 0.25) is 17.7 Å². The number of amides is 3. The second-order valence-corrected chi connectivity index (χ2v) is 11.7. The number of morpholine rings is 1. The van der Waals surface area contributed by atoms with Gasteiger partial charge in [-0.25, -0.2) is 0 Å². The fraction of sp³-hybridized carbons (Fsp3) is 0.613. The van der Waals surface area contributed by atoms with Crippen LogP contribution in [0.4, 0.5) is 0 Å². The quantitative estimate of drug-likeness (QED) is 0.220. The Labute approximate surface area is 247 Å². The Morgan fingerprint density at radius 1 is 0.976 bits per heavy atom. The number of nitrogens with one attached hydrogen (secondary N) is 3. The minimum absolute atomic E-state index is 0.163. The van der Waals surface area contributed by atoms with Crippen molar-refractivity contribution in [2.45, 2.75) is 76.6 Å². The molecule has 4 atom stereocenters. The van der Waals surface area contributed by atoms with Crippen molar-refractivity contribution in [1.29, 1.82) is 0 Å². The van der Waals surface area contributed by atoms with Crippen LogP contribution in [0.15, 0.2) is 35.4 Å². The highest BCUT2D eigenvalue weighted by Crippen LogP contribution is 2.33. The van der Waals surface area contributed by atoms with Crippen LogP contribution in [0.5, 0.6) is 5.75 Å². The van der Waals surface area contributed by atoms with Crippen LogP contribution in [0.1, 0.15) is 52.0 Å². The van der Waals surface area contributed by atoms with Crippen molar-refractivity contribution >= 4 is 23.5 Å². The summed E-state index contributed by atoms with van der Waals surface area (Å²) < 4.78 is 16.0. The molecule has 2 heterocycles. The highest BCUT2D eigenvalue weighted by Gasteiger charge is 2.50. The van der Waals surface area contributed by atoms with Crippen molar-refractivity contribution in [2.75, 3.05) is 46.6 Å². The van der Waals surface area contributed by atoms with Crippen molar-refractivity contribution in [3.05, 3.63) is 41.0 Å². The highest BCUT2D eigenvalue weighted by molar-refractivity contribution is 5.98. The number of epoxide rings is 1. The van der Waals surface area contributed by atoms with E-state index < -0.39 is 35.5 Å². The minimum atomic E-state index is -0.980. The average molecular weight is 585 g/mol. The number of carbonyl (C=O) groups excluding carboxylic acids is 4. The van der Waals surface area contributed by atoms with Crippen LogP contribution in [-0.2, 0) is 35.1 Å². The average Bonchev–Trinajstić information content (AvgIpc) is 3.61. The fourth-order valence-corrected chi connectivity index (χ4v) is 5.40. The molecule has 0 spiro atoms. The smallest absolute Gasteiger partial charge is 0.243 e. The number of methoxy groups -OCH3 is 1. The number of rotatable bonds is 14. The van der Waals surface area contributed by atoms with Gasteiger partial charge in [-0.1, -0.05) is 23.3 Å². The molecule has 11 heteroatoms. The molecule has 1 aromatic rings. The summed E-state index contributed by atoms with van der Waals surface area (Å²) in [6.07, 6.45) is 3.54. The van der Waals surface area contributed by atoms with Gasteiger partial charge in [-0.3, -0.25) is 24.1 Å². The zero-order chi connectivity index (χ0) is 30.3. The van der Waals surface area contributed by atoms with E-state index in [1.807, 2.05) is 17.0 Å². The maximum absolute atomic E-state index is 13.8. The molecule has 0 unspecified atom stereocenters. The lowest BCUT2D eigenvalue weighted by atomic mass is 9.93. The minimum Gasteiger partial charge on any atom is -0.497 e. The lowest BCUT2D eigenvalue weighted by Gasteiger charge is -2.27. The Morgan fingerprint density at radius 3 is 2.24 bits per heavy atom. The number of carbonyl (C=O) groups is 4. The van der Waals surface area contributed by atoms with Gasteiger partial charge in [-0.15, -0.1) is 0 Å². The van der Waals surface area contributed by atoms with Gasteiger partial charge in [0, 0.05) is 19.5 Å². The van der Waals surface area contributed by atoms with Gasteiger partial charge >= 0.3 is 0 Å². The molecule has 2 aliphatic heterocycles. The molecule has 4 rings (SSSR count). The van der Waals surface area contributed by atoms with Crippen molar-refractivity contribution in [1.82, 2.24) is 20.9 Å². The summed E-state index contributed by atoms with van der Waals surface area (Å²) in [5.74, 6) is -0.733. The summed E-state index contributed by atoms with van der Waals surface area (Å²) in [6, 6.07) is 4.61. The third-order valence-electron chi connectivity index (χ3n) is 8.29. The molecule has 3 aliphatic rings. The Morgan fingerprint density at radius 2 is 1.64 bits per heavy atom. The molecule has 0 radical (unpaired) electrons. The van der Waals surface area contributed by atoms with E-state index in [1.54, 1.807) is 33.1 Å². The summed E-state index contributed by atoms with van der Waals surface area (Å²) in [5, 5.41) is 8.50. The van der Waals surface area contributed by atoms with Crippen LogP contribution < -0.4 is 20.7 Å². The predicted molar refractivity (Wildman–Crippen MR) is 156 cm³/mol. The molecule has 230 valence electrons. The molecular weight excluding hydrogens is 540 g/mol. The van der Waals surface area contributed by atoms with Crippen LogP contribution in [0.2, 0.25) is 0 Å². The van der Waals surface area contributed by atoms with Crippen molar-refractivity contribution < 1.29 is 33.4 Å². The molecule has 1 aromatic carbocycles. The fourth-order valence-electron chi connectivity index (χ4n) is 5.40. The van der Waals surface area contributed by atoms with E-state index in [2.05, 4.69) is 22.9 Å². The lowest BCUT2D eigenvalue weighted by molar-refractivity contribution is -0.134. The Hall–Kier alpha value is -3.28. The highest BCUT2D eigenvalue weighted by atomic mass is 16.6. The number of ketones is 1.